The summed E-state index contributed by atoms with van der Waals surface area (Å²) in [6.07, 6.45) is 2.46. The van der Waals surface area contributed by atoms with Crippen LogP contribution in [0.1, 0.15) is 37.3 Å². The van der Waals surface area contributed by atoms with E-state index in [1.54, 1.807) is 0 Å². The van der Waals surface area contributed by atoms with Crippen LogP contribution in [-0.2, 0) is 11.6 Å². The number of alkyl halides is 3. The van der Waals surface area contributed by atoms with E-state index in [2.05, 4.69) is 24.4 Å². The Bertz CT molecular complexity index is 469. The molecule has 1 aromatic carbocycles. The second kappa shape index (κ2) is 6.00. The van der Waals surface area contributed by atoms with E-state index in [1.165, 1.54) is 12.1 Å². The quantitative estimate of drug-likeness (QED) is 0.628. The first-order valence-corrected chi connectivity index (χ1v) is 7.01. The summed E-state index contributed by atoms with van der Waals surface area (Å²) in [5.74, 6) is 0. The lowest BCUT2D eigenvalue weighted by Crippen LogP contribution is -2.36. The van der Waals surface area contributed by atoms with Crippen molar-refractivity contribution in [3.8, 4) is 0 Å². The van der Waals surface area contributed by atoms with E-state index in [1.807, 2.05) is 6.07 Å². The van der Waals surface area contributed by atoms with Crippen LogP contribution < -0.4 is 5.32 Å². The maximum Gasteiger partial charge on any atom is 0.416 e. The maximum absolute atomic E-state index is 12.9. The summed E-state index contributed by atoms with van der Waals surface area (Å²) < 4.78 is 38.6. The van der Waals surface area contributed by atoms with Crippen LogP contribution in [0.4, 0.5) is 13.2 Å². The normalized spacial score (nSPS) is 17.6. The maximum atomic E-state index is 12.9. The highest BCUT2D eigenvalue weighted by Crippen LogP contribution is 2.39. The van der Waals surface area contributed by atoms with Crippen molar-refractivity contribution in [1.82, 2.24) is 5.32 Å². The van der Waals surface area contributed by atoms with Gasteiger partial charge in [0.15, 0.2) is 0 Å². The summed E-state index contributed by atoms with van der Waals surface area (Å²) in [6, 6.07) is 5.77. The molecule has 110 valence electrons. The van der Waals surface area contributed by atoms with Crippen LogP contribution >= 0.6 is 0 Å². The molecule has 0 unspecified atom stereocenters. The lowest BCUT2D eigenvalue weighted by Gasteiger charge is -2.30. The van der Waals surface area contributed by atoms with Gasteiger partial charge in [-0.25, -0.2) is 0 Å². The van der Waals surface area contributed by atoms with Gasteiger partial charge in [0.25, 0.3) is 0 Å². The van der Waals surface area contributed by atoms with E-state index >= 15 is 0 Å². The first kappa shape index (κ1) is 15.1. The van der Waals surface area contributed by atoms with E-state index < -0.39 is 11.7 Å². The molecular formula is C16H20F3N. The fraction of sp³-hybridized carbons (Fsp3) is 0.500. The standard InChI is InChI=1S/C16H20F3N/c1-2-10-20-12-15(8-3-4-9-15)13-6-5-7-14(11-13)16(17,18)19/h3-7,11,20H,2,8-10,12H2,1H3. The van der Waals surface area contributed by atoms with Crippen LogP contribution in [0.2, 0.25) is 0 Å². The van der Waals surface area contributed by atoms with Crippen LogP contribution in [0.25, 0.3) is 0 Å². The highest BCUT2D eigenvalue weighted by molar-refractivity contribution is 5.35. The molecule has 0 saturated carbocycles. The van der Waals surface area contributed by atoms with Crippen molar-refractivity contribution in [3.05, 3.63) is 47.5 Å². The van der Waals surface area contributed by atoms with Gasteiger partial charge in [-0.2, -0.15) is 13.2 Å². The zero-order valence-corrected chi connectivity index (χ0v) is 11.6. The first-order chi connectivity index (χ1) is 9.48. The predicted octanol–water partition coefficient (Wildman–Crippen LogP) is 4.29. The van der Waals surface area contributed by atoms with Gasteiger partial charge < -0.3 is 5.32 Å². The summed E-state index contributed by atoms with van der Waals surface area (Å²) in [6.45, 7) is 3.69. The molecule has 1 N–H and O–H groups in total. The second-order valence-electron chi connectivity index (χ2n) is 5.42. The van der Waals surface area contributed by atoms with Gasteiger partial charge in [0.2, 0.25) is 0 Å². The Morgan fingerprint density at radius 2 is 1.90 bits per heavy atom. The average molecular weight is 283 g/mol. The molecule has 0 radical (unpaired) electrons. The molecule has 4 heteroatoms. The lowest BCUT2D eigenvalue weighted by molar-refractivity contribution is -0.137. The first-order valence-electron chi connectivity index (χ1n) is 7.01. The number of rotatable bonds is 5. The van der Waals surface area contributed by atoms with Gasteiger partial charge in [0.1, 0.15) is 0 Å². The van der Waals surface area contributed by atoms with Crippen molar-refractivity contribution in [2.45, 2.75) is 37.8 Å². The molecule has 0 fully saturated rings. The molecule has 1 aliphatic carbocycles. The van der Waals surface area contributed by atoms with Gasteiger partial charge in [-0.15, -0.1) is 0 Å². The van der Waals surface area contributed by atoms with Crippen molar-refractivity contribution >= 4 is 0 Å². The molecular weight excluding hydrogens is 263 g/mol. The Morgan fingerprint density at radius 3 is 2.50 bits per heavy atom. The van der Waals surface area contributed by atoms with Crippen LogP contribution in [0.15, 0.2) is 36.4 Å². The minimum Gasteiger partial charge on any atom is -0.316 e. The van der Waals surface area contributed by atoms with Crippen LogP contribution in [0.3, 0.4) is 0 Å². The van der Waals surface area contributed by atoms with E-state index in [-0.39, 0.29) is 5.41 Å². The summed E-state index contributed by atoms with van der Waals surface area (Å²) in [5, 5.41) is 3.35. The summed E-state index contributed by atoms with van der Waals surface area (Å²) in [5.41, 5.74) is -0.00568. The fourth-order valence-corrected chi connectivity index (χ4v) is 2.71. The minimum atomic E-state index is -4.28. The molecule has 0 atom stereocenters. The van der Waals surface area contributed by atoms with Crippen molar-refractivity contribution in [2.75, 3.05) is 13.1 Å². The smallest absolute Gasteiger partial charge is 0.316 e. The van der Waals surface area contributed by atoms with E-state index in [0.717, 1.165) is 44.0 Å². The van der Waals surface area contributed by atoms with Crippen molar-refractivity contribution in [3.63, 3.8) is 0 Å². The number of hydrogen-bond donors (Lipinski definition) is 1. The molecule has 1 aliphatic rings. The lowest BCUT2D eigenvalue weighted by atomic mass is 9.77. The molecule has 1 aromatic rings. The molecule has 0 bridgehead atoms. The third-order valence-electron chi connectivity index (χ3n) is 3.88. The van der Waals surface area contributed by atoms with E-state index in [4.69, 9.17) is 0 Å². The Morgan fingerprint density at radius 1 is 1.20 bits per heavy atom. The molecule has 1 nitrogen and oxygen atoms in total. The summed E-state index contributed by atoms with van der Waals surface area (Å²) in [4.78, 5) is 0. The minimum absolute atomic E-state index is 0.226. The average Bonchev–Trinajstić information content (AvgIpc) is 2.88. The number of nitrogens with one attached hydrogen (secondary N) is 1. The molecule has 0 heterocycles. The Balaban J connectivity index is 2.26. The molecule has 0 saturated heterocycles. The Labute approximate surface area is 117 Å². The molecule has 0 aromatic heterocycles. The second-order valence-corrected chi connectivity index (χ2v) is 5.42. The molecule has 0 spiro atoms. The SMILES string of the molecule is CCCNCC1(c2cccc(C(F)(F)F)c2)CC=CC1. The highest BCUT2D eigenvalue weighted by Gasteiger charge is 2.36. The van der Waals surface area contributed by atoms with Crippen LogP contribution in [0.5, 0.6) is 0 Å². The molecule has 2 rings (SSSR count). The highest BCUT2D eigenvalue weighted by atomic mass is 19.4. The van der Waals surface area contributed by atoms with E-state index in [0.29, 0.717) is 0 Å². The number of hydrogen-bond acceptors (Lipinski definition) is 1. The third kappa shape index (κ3) is 3.23. The number of allylic oxidation sites excluding steroid dienone is 2. The molecule has 0 amide bonds. The fourth-order valence-electron chi connectivity index (χ4n) is 2.71. The van der Waals surface area contributed by atoms with Crippen molar-refractivity contribution in [2.24, 2.45) is 0 Å². The topological polar surface area (TPSA) is 12.0 Å². The predicted molar refractivity (Wildman–Crippen MR) is 74.7 cm³/mol. The molecule has 20 heavy (non-hydrogen) atoms. The summed E-state index contributed by atoms with van der Waals surface area (Å²) in [7, 11) is 0. The van der Waals surface area contributed by atoms with Gasteiger partial charge in [-0.05, 0) is 37.4 Å². The van der Waals surface area contributed by atoms with Gasteiger partial charge in [-0.3, -0.25) is 0 Å². The van der Waals surface area contributed by atoms with Crippen LogP contribution in [-0.4, -0.2) is 13.1 Å². The Kier molecular flexibility index (Phi) is 4.53. The Hall–Kier alpha value is -1.29. The van der Waals surface area contributed by atoms with Crippen LogP contribution in [0, 0.1) is 0 Å². The largest absolute Gasteiger partial charge is 0.416 e. The number of benzene rings is 1. The van der Waals surface area contributed by atoms with Gasteiger partial charge >= 0.3 is 6.18 Å². The monoisotopic (exact) mass is 283 g/mol. The van der Waals surface area contributed by atoms with E-state index in [9.17, 15) is 13.2 Å². The van der Waals surface area contributed by atoms with Gasteiger partial charge in [0, 0.05) is 12.0 Å². The van der Waals surface area contributed by atoms with Gasteiger partial charge in [-0.1, -0.05) is 37.3 Å². The zero-order valence-electron chi connectivity index (χ0n) is 11.6. The summed E-state index contributed by atoms with van der Waals surface area (Å²) >= 11 is 0. The zero-order chi connectivity index (χ0) is 14.6. The van der Waals surface area contributed by atoms with Crippen molar-refractivity contribution in [1.29, 1.82) is 0 Å². The molecule has 0 aliphatic heterocycles. The third-order valence-corrected chi connectivity index (χ3v) is 3.88. The van der Waals surface area contributed by atoms with Crippen molar-refractivity contribution < 1.29 is 13.2 Å². The number of halogens is 3. The van der Waals surface area contributed by atoms with Gasteiger partial charge in [0.05, 0.1) is 5.56 Å².